The van der Waals surface area contributed by atoms with Gasteiger partial charge in [-0.05, 0) is 44.0 Å². The first-order valence-corrected chi connectivity index (χ1v) is 7.23. The van der Waals surface area contributed by atoms with E-state index < -0.39 is 0 Å². The summed E-state index contributed by atoms with van der Waals surface area (Å²) in [6.45, 7) is 10.5. The summed E-state index contributed by atoms with van der Waals surface area (Å²) in [6, 6.07) is 4.37. The Labute approximate surface area is 113 Å². The molecule has 2 nitrogen and oxygen atoms in total. The van der Waals surface area contributed by atoms with Crippen molar-refractivity contribution in [1.29, 1.82) is 0 Å². The summed E-state index contributed by atoms with van der Waals surface area (Å²) < 4.78 is 0. The number of hydrogen-bond acceptors (Lipinski definition) is 3. The maximum Gasteiger partial charge on any atom is 0.107 e. The first kappa shape index (κ1) is 13.2. The lowest BCUT2D eigenvalue weighted by molar-refractivity contribution is 0.723. The van der Waals surface area contributed by atoms with Crippen LogP contribution in [0.15, 0.2) is 17.5 Å². The van der Waals surface area contributed by atoms with Crippen molar-refractivity contribution in [1.82, 2.24) is 10.3 Å². The highest BCUT2D eigenvalue weighted by molar-refractivity contribution is 7.09. The fourth-order valence-electron chi connectivity index (χ4n) is 1.98. The third-order valence-electron chi connectivity index (χ3n) is 3.41. The zero-order valence-electron chi connectivity index (χ0n) is 11.5. The Balaban J connectivity index is 2.31. The predicted molar refractivity (Wildman–Crippen MR) is 79.1 cm³/mol. The van der Waals surface area contributed by atoms with Crippen LogP contribution in [0.5, 0.6) is 0 Å². The molecule has 0 unspecified atom stereocenters. The lowest BCUT2D eigenvalue weighted by Gasteiger charge is -2.09. The molecule has 0 atom stereocenters. The van der Waals surface area contributed by atoms with E-state index in [1.807, 2.05) is 0 Å². The van der Waals surface area contributed by atoms with Gasteiger partial charge in [-0.3, -0.25) is 0 Å². The fraction of sp³-hybridized carbons (Fsp3) is 0.400. The van der Waals surface area contributed by atoms with Gasteiger partial charge < -0.3 is 5.32 Å². The predicted octanol–water partition coefficient (Wildman–Crippen LogP) is 3.84. The van der Waals surface area contributed by atoms with E-state index in [0.29, 0.717) is 0 Å². The first-order valence-electron chi connectivity index (χ1n) is 6.35. The minimum atomic E-state index is 0.866. The number of nitrogens with zero attached hydrogens (tertiary/aromatic N) is 1. The summed E-state index contributed by atoms with van der Waals surface area (Å²) in [5.41, 5.74) is 6.42. The summed E-state index contributed by atoms with van der Waals surface area (Å²) in [7, 11) is 0. The molecule has 1 N–H and O–H groups in total. The SMILES string of the molecule is CCNCc1nc(-c2ccc(C)c(C)c2C)cs1. The Hall–Kier alpha value is -1.19. The molecule has 2 rings (SSSR count). The van der Waals surface area contributed by atoms with Crippen molar-refractivity contribution >= 4 is 11.3 Å². The van der Waals surface area contributed by atoms with Crippen molar-refractivity contribution in [3.8, 4) is 11.3 Å². The van der Waals surface area contributed by atoms with E-state index in [9.17, 15) is 0 Å². The standard InChI is InChI=1S/C15H20N2S/c1-5-16-8-15-17-14(9-18-15)13-7-6-10(2)11(3)12(13)4/h6-7,9,16H,5,8H2,1-4H3. The second-order valence-corrected chi connectivity index (χ2v) is 5.53. The van der Waals surface area contributed by atoms with E-state index in [2.05, 4.69) is 50.5 Å². The minimum absolute atomic E-state index is 0.866. The van der Waals surface area contributed by atoms with Gasteiger partial charge in [-0.25, -0.2) is 4.98 Å². The van der Waals surface area contributed by atoms with Crippen molar-refractivity contribution in [3.63, 3.8) is 0 Å². The Morgan fingerprint density at radius 3 is 2.67 bits per heavy atom. The van der Waals surface area contributed by atoms with Crippen molar-refractivity contribution in [2.45, 2.75) is 34.2 Å². The lowest BCUT2D eigenvalue weighted by atomic mass is 9.97. The molecule has 0 aliphatic rings. The number of benzene rings is 1. The number of nitrogens with one attached hydrogen (secondary N) is 1. The van der Waals surface area contributed by atoms with Crippen molar-refractivity contribution < 1.29 is 0 Å². The molecular formula is C15H20N2S. The number of aromatic nitrogens is 1. The number of hydrogen-bond donors (Lipinski definition) is 1. The molecule has 3 heteroatoms. The molecule has 18 heavy (non-hydrogen) atoms. The van der Waals surface area contributed by atoms with Gasteiger partial charge in [0.15, 0.2) is 0 Å². The van der Waals surface area contributed by atoms with Gasteiger partial charge in [-0.15, -0.1) is 11.3 Å². The van der Waals surface area contributed by atoms with Crippen molar-refractivity contribution in [2.24, 2.45) is 0 Å². The highest BCUT2D eigenvalue weighted by Crippen LogP contribution is 2.28. The zero-order valence-corrected chi connectivity index (χ0v) is 12.3. The van der Waals surface area contributed by atoms with Crippen LogP contribution in [-0.2, 0) is 6.54 Å². The molecule has 1 aromatic carbocycles. The number of thiazole rings is 1. The topological polar surface area (TPSA) is 24.9 Å². The summed E-state index contributed by atoms with van der Waals surface area (Å²) >= 11 is 1.73. The van der Waals surface area contributed by atoms with Gasteiger partial charge in [-0.1, -0.05) is 19.1 Å². The van der Waals surface area contributed by atoms with Gasteiger partial charge >= 0.3 is 0 Å². The summed E-state index contributed by atoms with van der Waals surface area (Å²) in [6.07, 6.45) is 0. The minimum Gasteiger partial charge on any atom is -0.311 e. The second kappa shape index (κ2) is 5.63. The molecular weight excluding hydrogens is 240 g/mol. The summed E-state index contributed by atoms with van der Waals surface area (Å²) in [5, 5.41) is 6.63. The van der Waals surface area contributed by atoms with Gasteiger partial charge in [-0.2, -0.15) is 0 Å². The van der Waals surface area contributed by atoms with Crippen LogP contribution in [0.1, 0.15) is 28.6 Å². The molecule has 1 heterocycles. The molecule has 2 aromatic rings. The third-order valence-corrected chi connectivity index (χ3v) is 4.26. The number of rotatable bonds is 4. The largest absolute Gasteiger partial charge is 0.311 e. The maximum absolute atomic E-state index is 4.71. The van der Waals surface area contributed by atoms with Crippen molar-refractivity contribution in [2.75, 3.05) is 6.54 Å². The van der Waals surface area contributed by atoms with E-state index in [0.717, 1.165) is 23.8 Å². The smallest absolute Gasteiger partial charge is 0.107 e. The Morgan fingerprint density at radius 1 is 1.17 bits per heavy atom. The molecule has 0 aliphatic carbocycles. The average molecular weight is 260 g/mol. The maximum atomic E-state index is 4.71. The quantitative estimate of drug-likeness (QED) is 0.903. The van der Waals surface area contributed by atoms with Crippen LogP contribution in [0, 0.1) is 20.8 Å². The monoisotopic (exact) mass is 260 g/mol. The van der Waals surface area contributed by atoms with Gasteiger partial charge in [0.2, 0.25) is 0 Å². The van der Waals surface area contributed by atoms with E-state index in [4.69, 9.17) is 4.98 Å². The average Bonchev–Trinajstić information content (AvgIpc) is 2.82. The molecule has 0 aliphatic heterocycles. The van der Waals surface area contributed by atoms with E-state index in [1.54, 1.807) is 11.3 Å². The highest BCUT2D eigenvalue weighted by Gasteiger charge is 2.09. The van der Waals surface area contributed by atoms with E-state index >= 15 is 0 Å². The molecule has 1 aromatic heterocycles. The number of aryl methyl sites for hydroxylation is 1. The van der Waals surface area contributed by atoms with E-state index in [1.165, 1.54) is 22.3 Å². The Bertz CT molecular complexity index is 543. The molecule has 0 spiro atoms. The Morgan fingerprint density at radius 2 is 1.94 bits per heavy atom. The molecule has 0 amide bonds. The van der Waals surface area contributed by atoms with Gasteiger partial charge in [0.1, 0.15) is 5.01 Å². The third kappa shape index (κ3) is 2.62. The van der Waals surface area contributed by atoms with Gasteiger partial charge in [0.05, 0.1) is 5.69 Å². The molecule has 0 saturated heterocycles. The molecule has 0 bridgehead atoms. The van der Waals surface area contributed by atoms with Crippen LogP contribution in [0.3, 0.4) is 0 Å². The summed E-state index contributed by atoms with van der Waals surface area (Å²) in [5.74, 6) is 0. The van der Waals surface area contributed by atoms with Crippen LogP contribution in [0.25, 0.3) is 11.3 Å². The molecule has 0 saturated carbocycles. The van der Waals surface area contributed by atoms with Crippen LogP contribution in [0.2, 0.25) is 0 Å². The summed E-state index contributed by atoms with van der Waals surface area (Å²) in [4.78, 5) is 4.71. The Kier molecular flexibility index (Phi) is 4.15. The van der Waals surface area contributed by atoms with E-state index in [-0.39, 0.29) is 0 Å². The fourth-order valence-corrected chi connectivity index (χ4v) is 2.75. The van der Waals surface area contributed by atoms with Crippen LogP contribution < -0.4 is 5.32 Å². The van der Waals surface area contributed by atoms with Crippen LogP contribution >= 0.6 is 11.3 Å². The normalized spacial score (nSPS) is 10.9. The molecule has 0 fully saturated rings. The zero-order chi connectivity index (χ0) is 13.1. The van der Waals surface area contributed by atoms with Crippen LogP contribution in [0.4, 0.5) is 0 Å². The molecule has 96 valence electrons. The lowest BCUT2D eigenvalue weighted by Crippen LogP contribution is -2.11. The highest BCUT2D eigenvalue weighted by atomic mass is 32.1. The molecule has 0 radical (unpaired) electrons. The van der Waals surface area contributed by atoms with Gasteiger partial charge in [0.25, 0.3) is 0 Å². The first-order chi connectivity index (χ1) is 8.63. The second-order valence-electron chi connectivity index (χ2n) is 4.59. The van der Waals surface area contributed by atoms with Crippen molar-refractivity contribution in [3.05, 3.63) is 39.2 Å². The van der Waals surface area contributed by atoms with Gasteiger partial charge in [0, 0.05) is 17.5 Å². The van der Waals surface area contributed by atoms with Crippen LogP contribution in [-0.4, -0.2) is 11.5 Å².